The van der Waals surface area contributed by atoms with Crippen molar-refractivity contribution in [3.05, 3.63) is 36.0 Å². The molecule has 2 N–H and O–H groups in total. The van der Waals surface area contributed by atoms with Crippen molar-refractivity contribution in [2.24, 2.45) is 0 Å². The summed E-state index contributed by atoms with van der Waals surface area (Å²) >= 11 is 0. The number of likely N-dealkylation sites (N-methyl/N-ethyl adjacent to an activating group) is 1. The first kappa shape index (κ1) is 12.1. The highest BCUT2D eigenvalue weighted by atomic mass is 35.5. The largest absolute Gasteiger partial charge is 0.361 e. The number of hydrogen-bond acceptors (Lipinski definition) is 1. The van der Waals surface area contributed by atoms with Crippen molar-refractivity contribution in [1.29, 1.82) is 0 Å². The Morgan fingerprint density at radius 1 is 1.27 bits per heavy atom. The van der Waals surface area contributed by atoms with E-state index in [4.69, 9.17) is 0 Å². The first-order valence-corrected chi connectivity index (χ1v) is 5.17. The van der Waals surface area contributed by atoms with Gasteiger partial charge < -0.3 is 10.3 Å². The number of hydrogen-bond donors (Lipinski definition) is 2. The van der Waals surface area contributed by atoms with Gasteiger partial charge in [0.2, 0.25) is 0 Å². The van der Waals surface area contributed by atoms with Gasteiger partial charge in [-0.2, -0.15) is 0 Å². The Balaban J connectivity index is 0.00000112. The van der Waals surface area contributed by atoms with Crippen molar-refractivity contribution in [2.45, 2.75) is 13.3 Å². The molecule has 1 aromatic carbocycles. The zero-order valence-electron chi connectivity index (χ0n) is 8.92. The van der Waals surface area contributed by atoms with E-state index >= 15 is 0 Å². The second-order valence-electron chi connectivity index (χ2n) is 3.46. The summed E-state index contributed by atoms with van der Waals surface area (Å²) in [5.41, 5.74) is 2.64. The fourth-order valence-electron chi connectivity index (χ4n) is 1.74. The van der Waals surface area contributed by atoms with E-state index in [9.17, 15) is 0 Å². The van der Waals surface area contributed by atoms with Crippen LogP contribution in [0.3, 0.4) is 0 Å². The van der Waals surface area contributed by atoms with Gasteiger partial charge in [0.15, 0.2) is 0 Å². The van der Waals surface area contributed by atoms with Crippen molar-refractivity contribution in [1.82, 2.24) is 10.3 Å². The van der Waals surface area contributed by atoms with Crippen LogP contribution >= 0.6 is 12.4 Å². The number of halogens is 1. The molecule has 0 aliphatic carbocycles. The van der Waals surface area contributed by atoms with Crippen molar-refractivity contribution < 1.29 is 0 Å². The van der Waals surface area contributed by atoms with Crippen LogP contribution in [0, 0.1) is 0 Å². The summed E-state index contributed by atoms with van der Waals surface area (Å²) in [5.74, 6) is 0. The van der Waals surface area contributed by atoms with Gasteiger partial charge in [-0.1, -0.05) is 25.1 Å². The van der Waals surface area contributed by atoms with Gasteiger partial charge >= 0.3 is 0 Å². The maximum Gasteiger partial charge on any atom is 0.0456 e. The molecule has 82 valence electrons. The summed E-state index contributed by atoms with van der Waals surface area (Å²) in [5, 5.41) is 4.69. The number of H-pyrrole nitrogens is 1. The highest BCUT2D eigenvalue weighted by Crippen LogP contribution is 2.17. The normalized spacial score (nSPS) is 10.2. The predicted molar refractivity (Wildman–Crippen MR) is 67.8 cm³/mol. The van der Waals surface area contributed by atoms with Crippen molar-refractivity contribution >= 4 is 23.3 Å². The molecule has 1 aromatic heterocycles. The Labute approximate surface area is 96.5 Å². The first-order valence-electron chi connectivity index (χ1n) is 5.17. The standard InChI is InChI=1S/C12H16N2.ClH/c1-2-13-8-7-10-9-14-12-6-4-3-5-11(10)12;/h3-6,9,13-14H,2,7-8H2,1H3;1H. The van der Waals surface area contributed by atoms with Crippen LogP contribution in [0.25, 0.3) is 10.9 Å². The smallest absolute Gasteiger partial charge is 0.0456 e. The summed E-state index contributed by atoms with van der Waals surface area (Å²) in [6, 6.07) is 8.44. The van der Waals surface area contributed by atoms with Crippen molar-refractivity contribution in [3.8, 4) is 0 Å². The number of nitrogens with one attached hydrogen (secondary N) is 2. The average molecular weight is 225 g/mol. The molecule has 0 fully saturated rings. The van der Waals surface area contributed by atoms with Crippen LogP contribution in [0.1, 0.15) is 12.5 Å². The van der Waals surface area contributed by atoms with E-state index in [-0.39, 0.29) is 12.4 Å². The lowest BCUT2D eigenvalue weighted by atomic mass is 10.1. The third-order valence-electron chi connectivity index (χ3n) is 2.50. The molecular weight excluding hydrogens is 208 g/mol. The molecular formula is C12H17ClN2. The summed E-state index contributed by atoms with van der Waals surface area (Å²) in [6.45, 7) is 4.23. The van der Waals surface area contributed by atoms with Gasteiger partial charge in [0.25, 0.3) is 0 Å². The Morgan fingerprint density at radius 3 is 2.87 bits per heavy atom. The SMILES string of the molecule is CCNCCc1c[nH]c2ccccc12.Cl. The fraction of sp³-hybridized carbons (Fsp3) is 0.333. The molecule has 0 radical (unpaired) electrons. The van der Waals surface area contributed by atoms with Crippen molar-refractivity contribution in [3.63, 3.8) is 0 Å². The molecule has 15 heavy (non-hydrogen) atoms. The van der Waals surface area contributed by atoms with Gasteiger partial charge in [-0.05, 0) is 31.1 Å². The Kier molecular flexibility index (Phi) is 4.66. The lowest BCUT2D eigenvalue weighted by Gasteiger charge is -1.99. The molecule has 0 spiro atoms. The molecule has 0 saturated heterocycles. The van der Waals surface area contributed by atoms with Crippen LogP contribution < -0.4 is 5.32 Å². The topological polar surface area (TPSA) is 27.8 Å². The average Bonchev–Trinajstić information content (AvgIpc) is 2.63. The molecule has 2 nitrogen and oxygen atoms in total. The molecule has 0 saturated carbocycles. The van der Waals surface area contributed by atoms with Crippen LogP contribution in [0.5, 0.6) is 0 Å². The zero-order chi connectivity index (χ0) is 9.80. The molecule has 0 atom stereocenters. The Hall–Kier alpha value is -0.990. The number of aromatic nitrogens is 1. The molecule has 2 aromatic rings. The number of para-hydroxylation sites is 1. The summed E-state index contributed by atoms with van der Waals surface area (Å²) in [7, 11) is 0. The number of benzene rings is 1. The second-order valence-corrected chi connectivity index (χ2v) is 3.46. The van der Waals surface area contributed by atoms with E-state index < -0.39 is 0 Å². The minimum absolute atomic E-state index is 0. The predicted octanol–water partition coefficient (Wildman–Crippen LogP) is 2.74. The summed E-state index contributed by atoms with van der Waals surface area (Å²) < 4.78 is 0. The number of fused-ring (bicyclic) bond motifs is 1. The van der Waals surface area contributed by atoms with Crippen LogP contribution in [0.2, 0.25) is 0 Å². The monoisotopic (exact) mass is 224 g/mol. The van der Waals surface area contributed by atoms with Gasteiger partial charge in [-0.3, -0.25) is 0 Å². The Morgan fingerprint density at radius 2 is 2.07 bits per heavy atom. The first-order chi connectivity index (χ1) is 6.92. The van der Waals surface area contributed by atoms with E-state index in [1.165, 1.54) is 16.5 Å². The van der Waals surface area contributed by atoms with Crippen LogP contribution in [0.15, 0.2) is 30.5 Å². The van der Waals surface area contributed by atoms with Gasteiger partial charge in [0, 0.05) is 17.1 Å². The lowest BCUT2D eigenvalue weighted by molar-refractivity contribution is 0.718. The Bertz CT molecular complexity index is 409. The van der Waals surface area contributed by atoms with E-state index in [0.29, 0.717) is 0 Å². The van der Waals surface area contributed by atoms with E-state index in [0.717, 1.165) is 19.5 Å². The molecule has 2 rings (SSSR count). The summed E-state index contributed by atoms with van der Waals surface area (Å²) in [6.07, 6.45) is 3.21. The minimum atomic E-state index is 0. The maximum absolute atomic E-state index is 3.34. The van der Waals surface area contributed by atoms with E-state index in [1.807, 2.05) is 0 Å². The van der Waals surface area contributed by atoms with Gasteiger partial charge in [0.1, 0.15) is 0 Å². The number of aromatic amines is 1. The molecule has 0 unspecified atom stereocenters. The third kappa shape index (κ3) is 2.74. The molecule has 1 heterocycles. The van der Waals surface area contributed by atoms with Crippen LogP contribution in [0.4, 0.5) is 0 Å². The van der Waals surface area contributed by atoms with Crippen molar-refractivity contribution in [2.75, 3.05) is 13.1 Å². The highest BCUT2D eigenvalue weighted by Gasteiger charge is 2.00. The fourth-order valence-corrected chi connectivity index (χ4v) is 1.74. The lowest BCUT2D eigenvalue weighted by Crippen LogP contribution is -2.15. The van der Waals surface area contributed by atoms with Gasteiger partial charge in [0.05, 0.1) is 0 Å². The second kappa shape index (κ2) is 5.79. The third-order valence-corrected chi connectivity index (χ3v) is 2.50. The van der Waals surface area contributed by atoms with Gasteiger partial charge in [-0.25, -0.2) is 0 Å². The highest BCUT2D eigenvalue weighted by molar-refractivity contribution is 5.85. The quantitative estimate of drug-likeness (QED) is 0.768. The van der Waals surface area contributed by atoms with E-state index in [2.05, 4.69) is 47.7 Å². The van der Waals surface area contributed by atoms with Crippen LogP contribution in [-0.4, -0.2) is 18.1 Å². The molecule has 3 heteroatoms. The van der Waals surface area contributed by atoms with Gasteiger partial charge in [-0.15, -0.1) is 12.4 Å². The van der Waals surface area contributed by atoms with E-state index in [1.54, 1.807) is 0 Å². The zero-order valence-corrected chi connectivity index (χ0v) is 9.73. The minimum Gasteiger partial charge on any atom is -0.361 e. The maximum atomic E-state index is 3.34. The molecule has 0 aliphatic heterocycles. The molecule has 0 amide bonds. The molecule has 0 aliphatic rings. The van der Waals surface area contributed by atoms with Crippen LogP contribution in [-0.2, 0) is 6.42 Å². The number of rotatable bonds is 4. The molecule has 0 bridgehead atoms. The summed E-state index contributed by atoms with van der Waals surface area (Å²) in [4.78, 5) is 3.29.